The number of amides is 2. The van der Waals surface area contributed by atoms with Crippen molar-refractivity contribution < 1.29 is 23.9 Å². The summed E-state index contributed by atoms with van der Waals surface area (Å²) < 4.78 is 4.99. The van der Waals surface area contributed by atoms with Crippen molar-refractivity contribution in [1.29, 1.82) is 0 Å². The smallest absolute Gasteiger partial charge is 0.338 e. The van der Waals surface area contributed by atoms with Gasteiger partial charge < -0.3 is 19.7 Å². The van der Waals surface area contributed by atoms with Crippen LogP contribution in [0.15, 0.2) is 16.7 Å². The minimum atomic E-state index is -1.13. The number of furan rings is 1. The van der Waals surface area contributed by atoms with Gasteiger partial charge in [0.1, 0.15) is 6.26 Å². The van der Waals surface area contributed by atoms with Gasteiger partial charge in [0.25, 0.3) is 5.91 Å². The van der Waals surface area contributed by atoms with Crippen LogP contribution in [0, 0.1) is 5.92 Å². The lowest BCUT2D eigenvalue weighted by Crippen LogP contribution is -2.42. The number of nitrogens with one attached hydrogen (secondary N) is 1. The maximum atomic E-state index is 12.1. The van der Waals surface area contributed by atoms with E-state index in [4.69, 9.17) is 9.52 Å². The summed E-state index contributed by atoms with van der Waals surface area (Å²) in [4.78, 5) is 35.9. The summed E-state index contributed by atoms with van der Waals surface area (Å²) in [5, 5.41) is 11.4. The van der Waals surface area contributed by atoms with Crippen molar-refractivity contribution in [1.82, 2.24) is 10.2 Å². The van der Waals surface area contributed by atoms with E-state index in [1.54, 1.807) is 11.9 Å². The first kappa shape index (κ1) is 14.1. The lowest BCUT2D eigenvalue weighted by molar-refractivity contribution is -0.125. The Bertz CT molecular complexity index is 529. The van der Waals surface area contributed by atoms with Gasteiger partial charge >= 0.3 is 5.97 Å². The molecule has 0 saturated carbocycles. The predicted molar refractivity (Wildman–Crippen MR) is 68.4 cm³/mol. The minimum absolute atomic E-state index is 0.0109. The van der Waals surface area contributed by atoms with E-state index < -0.39 is 5.97 Å². The number of carbonyl (C=O) groups excluding carboxylic acids is 2. The standard InChI is InChI=1S/C13H16N2O5/c1-14-11(16)8-2-4-15(5-3-8)12(17)10-6-9(7-20-10)13(18)19/h6-8H,2-5H2,1H3,(H,14,16)(H,18,19). The van der Waals surface area contributed by atoms with Gasteiger partial charge in [-0.05, 0) is 12.8 Å². The first-order valence-electron chi connectivity index (χ1n) is 6.35. The number of aromatic carboxylic acids is 1. The van der Waals surface area contributed by atoms with Crippen LogP contribution >= 0.6 is 0 Å². The fourth-order valence-electron chi connectivity index (χ4n) is 2.27. The molecule has 1 aromatic rings. The van der Waals surface area contributed by atoms with Gasteiger partial charge in [-0.3, -0.25) is 9.59 Å². The first-order chi connectivity index (χ1) is 9.52. The SMILES string of the molecule is CNC(=O)C1CCN(C(=O)c2cc(C(=O)O)co2)CC1. The van der Waals surface area contributed by atoms with Crippen LogP contribution in [0.3, 0.4) is 0 Å². The van der Waals surface area contributed by atoms with Crippen LogP contribution < -0.4 is 5.32 Å². The maximum Gasteiger partial charge on any atom is 0.338 e. The van der Waals surface area contributed by atoms with Crippen molar-refractivity contribution >= 4 is 17.8 Å². The third-order valence-electron chi connectivity index (χ3n) is 3.46. The average molecular weight is 280 g/mol. The number of hydrogen-bond donors (Lipinski definition) is 2. The predicted octanol–water partition coefficient (Wildman–Crippen LogP) is 0.576. The molecule has 0 bridgehead atoms. The zero-order valence-electron chi connectivity index (χ0n) is 11.1. The summed E-state index contributed by atoms with van der Waals surface area (Å²) in [7, 11) is 1.59. The van der Waals surface area contributed by atoms with Crippen molar-refractivity contribution in [2.24, 2.45) is 5.92 Å². The van der Waals surface area contributed by atoms with Crippen LogP contribution in [-0.4, -0.2) is 47.9 Å². The molecular weight excluding hydrogens is 264 g/mol. The minimum Gasteiger partial charge on any atom is -0.478 e. The Kier molecular flexibility index (Phi) is 4.07. The molecule has 2 heterocycles. The Labute approximate surface area is 115 Å². The average Bonchev–Trinajstić information content (AvgIpc) is 2.96. The van der Waals surface area contributed by atoms with Crippen molar-refractivity contribution in [3.63, 3.8) is 0 Å². The number of nitrogens with zero attached hydrogens (tertiary/aromatic N) is 1. The topological polar surface area (TPSA) is 99.9 Å². The molecule has 2 rings (SSSR count). The highest BCUT2D eigenvalue weighted by Crippen LogP contribution is 2.20. The molecular formula is C13H16N2O5. The molecule has 0 atom stereocenters. The Balaban J connectivity index is 1.97. The monoisotopic (exact) mass is 280 g/mol. The summed E-state index contributed by atoms with van der Waals surface area (Å²) in [6.45, 7) is 0.917. The largest absolute Gasteiger partial charge is 0.478 e. The Morgan fingerprint density at radius 1 is 1.35 bits per heavy atom. The van der Waals surface area contributed by atoms with Crippen molar-refractivity contribution in [2.75, 3.05) is 20.1 Å². The number of carbonyl (C=O) groups is 3. The molecule has 108 valence electrons. The number of piperidine rings is 1. The highest BCUT2D eigenvalue weighted by molar-refractivity contribution is 5.95. The third-order valence-corrected chi connectivity index (χ3v) is 3.46. The van der Waals surface area contributed by atoms with E-state index in [1.807, 2.05) is 0 Å². The van der Waals surface area contributed by atoms with Gasteiger partial charge in [0.05, 0.1) is 5.56 Å². The maximum absolute atomic E-state index is 12.1. The van der Waals surface area contributed by atoms with E-state index >= 15 is 0 Å². The number of rotatable bonds is 3. The van der Waals surface area contributed by atoms with Crippen molar-refractivity contribution in [2.45, 2.75) is 12.8 Å². The van der Waals surface area contributed by atoms with E-state index in [0.29, 0.717) is 25.9 Å². The fourth-order valence-corrected chi connectivity index (χ4v) is 2.27. The number of carboxylic acids is 1. The van der Waals surface area contributed by atoms with Crippen LogP contribution in [0.1, 0.15) is 33.8 Å². The quantitative estimate of drug-likeness (QED) is 0.843. The molecule has 7 heteroatoms. The molecule has 0 unspecified atom stereocenters. The molecule has 0 spiro atoms. The lowest BCUT2D eigenvalue weighted by Gasteiger charge is -2.30. The van der Waals surface area contributed by atoms with E-state index in [9.17, 15) is 14.4 Å². The lowest BCUT2D eigenvalue weighted by atomic mass is 9.96. The van der Waals surface area contributed by atoms with Crippen LogP contribution in [0.4, 0.5) is 0 Å². The van der Waals surface area contributed by atoms with Gasteiger partial charge in [0.2, 0.25) is 5.91 Å². The molecule has 20 heavy (non-hydrogen) atoms. The summed E-state index contributed by atoms with van der Waals surface area (Å²) in [5.74, 6) is -1.54. The fraction of sp³-hybridized carbons (Fsp3) is 0.462. The van der Waals surface area contributed by atoms with E-state index in [2.05, 4.69) is 5.32 Å². The van der Waals surface area contributed by atoms with Crippen LogP contribution in [0.5, 0.6) is 0 Å². The second-order valence-corrected chi connectivity index (χ2v) is 4.69. The number of carboxylic acid groups (broad SMARTS) is 1. The van der Waals surface area contributed by atoms with Gasteiger partial charge in [0, 0.05) is 32.1 Å². The zero-order chi connectivity index (χ0) is 14.7. The molecule has 1 aliphatic heterocycles. The van der Waals surface area contributed by atoms with Gasteiger partial charge in [-0.15, -0.1) is 0 Å². The van der Waals surface area contributed by atoms with E-state index in [1.165, 1.54) is 6.07 Å². The van der Waals surface area contributed by atoms with E-state index in [-0.39, 0.29) is 29.1 Å². The van der Waals surface area contributed by atoms with Crippen molar-refractivity contribution in [3.8, 4) is 0 Å². The molecule has 0 aromatic carbocycles. The second-order valence-electron chi connectivity index (χ2n) is 4.69. The second kappa shape index (κ2) is 5.77. The van der Waals surface area contributed by atoms with Crippen LogP contribution in [0.2, 0.25) is 0 Å². The van der Waals surface area contributed by atoms with Gasteiger partial charge in [-0.25, -0.2) is 4.79 Å². The summed E-state index contributed by atoms with van der Waals surface area (Å²) >= 11 is 0. The molecule has 1 saturated heterocycles. The van der Waals surface area contributed by atoms with Crippen LogP contribution in [0.25, 0.3) is 0 Å². The molecule has 2 N–H and O–H groups in total. The summed E-state index contributed by atoms with van der Waals surface area (Å²) in [6, 6.07) is 1.22. The Hall–Kier alpha value is -2.31. The molecule has 1 aromatic heterocycles. The highest BCUT2D eigenvalue weighted by atomic mass is 16.4. The molecule has 1 fully saturated rings. The normalized spacial score (nSPS) is 15.9. The molecule has 1 aliphatic rings. The number of likely N-dealkylation sites (tertiary alicyclic amines) is 1. The van der Waals surface area contributed by atoms with E-state index in [0.717, 1.165) is 6.26 Å². The highest BCUT2D eigenvalue weighted by Gasteiger charge is 2.28. The Morgan fingerprint density at radius 2 is 2.00 bits per heavy atom. The first-order valence-corrected chi connectivity index (χ1v) is 6.35. The zero-order valence-corrected chi connectivity index (χ0v) is 11.1. The summed E-state index contributed by atoms with van der Waals surface area (Å²) in [5.41, 5.74) is -0.0476. The van der Waals surface area contributed by atoms with Crippen LogP contribution in [-0.2, 0) is 4.79 Å². The van der Waals surface area contributed by atoms with Gasteiger partial charge in [-0.1, -0.05) is 0 Å². The number of hydrogen-bond acceptors (Lipinski definition) is 4. The third kappa shape index (κ3) is 2.81. The molecule has 7 nitrogen and oxygen atoms in total. The molecule has 0 aliphatic carbocycles. The van der Waals surface area contributed by atoms with Gasteiger partial charge in [-0.2, -0.15) is 0 Å². The molecule has 0 radical (unpaired) electrons. The van der Waals surface area contributed by atoms with Gasteiger partial charge in [0.15, 0.2) is 5.76 Å². The molecule has 2 amide bonds. The van der Waals surface area contributed by atoms with Crippen molar-refractivity contribution in [3.05, 3.63) is 23.7 Å². The summed E-state index contributed by atoms with van der Waals surface area (Å²) in [6.07, 6.45) is 2.24. The Morgan fingerprint density at radius 3 is 2.50 bits per heavy atom.